The molecule has 0 aliphatic rings. The standard InChI is InChI=1S/C10H7BrF2N2O/c11-5-1-7(12)9(8(13)2-5)10-14-3-6(4-16)15-10/h1-3,16H,4H2,(H,14,15). The molecule has 1 aromatic carbocycles. The SMILES string of the molecule is OCc1cnc(-c2c(F)cc(Br)cc2F)[nH]1. The summed E-state index contributed by atoms with van der Waals surface area (Å²) in [6.45, 7) is -0.257. The second-order valence-corrected chi connectivity index (χ2v) is 4.08. The van der Waals surface area contributed by atoms with E-state index in [0.717, 1.165) is 12.1 Å². The third-order valence-electron chi connectivity index (χ3n) is 2.04. The number of hydrogen-bond acceptors (Lipinski definition) is 2. The van der Waals surface area contributed by atoms with E-state index < -0.39 is 11.6 Å². The third kappa shape index (κ3) is 1.98. The fraction of sp³-hybridized carbons (Fsp3) is 0.100. The number of benzene rings is 1. The van der Waals surface area contributed by atoms with Gasteiger partial charge in [-0.25, -0.2) is 13.8 Å². The van der Waals surface area contributed by atoms with Gasteiger partial charge in [-0.1, -0.05) is 15.9 Å². The highest BCUT2D eigenvalue weighted by atomic mass is 79.9. The Morgan fingerprint density at radius 1 is 1.31 bits per heavy atom. The Balaban J connectivity index is 2.55. The summed E-state index contributed by atoms with van der Waals surface area (Å²) in [7, 11) is 0. The minimum absolute atomic E-state index is 0.0616. The molecular weight excluding hydrogens is 282 g/mol. The molecule has 2 aromatic rings. The van der Waals surface area contributed by atoms with Crippen molar-refractivity contribution in [3.63, 3.8) is 0 Å². The van der Waals surface area contributed by atoms with Crippen LogP contribution in [0.3, 0.4) is 0 Å². The van der Waals surface area contributed by atoms with Gasteiger partial charge in [0.2, 0.25) is 0 Å². The van der Waals surface area contributed by atoms with Gasteiger partial charge in [-0.15, -0.1) is 0 Å². The Hall–Kier alpha value is -1.27. The zero-order chi connectivity index (χ0) is 11.7. The lowest BCUT2D eigenvalue weighted by atomic mass is 10.2. The molecule has 6 heteroatoms. The highest BCUT2D eigenvalue weighted by Crippen LogP contribution is 2.26. The number of aliphatic hydroxyl groups excluding tert-OH is 1. The van der Waals surface area contributed by atoms with E-state index >= 15 is 0 Å². The molecular formula is C10H7BrF2N2O. The summed E-state index contributed by atoms with van der Waals surface area (Å²) in [4.78, 5) is 6.42. The van der Waals surface area contributed by atoms with Crippen LogP contribution < -0.4 is 0 Å². The van der Waals surface area contributed by atoms with Crippen molar-refractivity contribution < 1.29 is 13.9 Å². The van der Waals surface area contributed by atoms with E-state index in [1.54, 1.807) is 0 Å². The average molecular weight is 289 g/mol. The van der Waals surface area contributed by atoms with E-state index in [1.165, 1.54) is 6.20 Å². The minimum atomic E-state index is -0.717. The first-order chi connectivity index (χ1) is 7.61. The molecule has 84 valence electrons. The monoisotopic (exact) mass is 288 g/mol. The van der Waals surface area contributed by atoms with E-state index in [9.17, 15) is 8.78 Å². The maximum atomic E-state index is 13.5. The fourth-order valence-electron chi connectivity index (χ4n) is 1.33. The lowest BCUT2D eigenvalue weighted by Crippen LogP contribution is -1.92. The van der Waals surface area contributed by atoms with Crippen LogP contribution in [0.1, 0.15) is 5.69 Å². The van der Waals surface area contributed by atoms with Crippen molar-refractivity contribution in [2.45, 2.75) is 6.61 Å². The Morgan fingerprint density at radius 2 is 1.94 bits per heavy atom. The van der Waals surface area contributed by atoms with Crippen molar-refractivity contribution in [2.75, 3.05) is 0 Å². The molecule has 0 saturated carbocycles. The topological polar surface area (TPSA) is 48.9 Å². The third-order valence-corrected chi connectivity index (χ3v) is 2.50. The molecule has 1 heterocycles. The Bertz CT molecular complexity index is 504. The van der Waals surface area contributed by atoms with Crippen molar-refractivity contribution in [2.24, 2.45) is 0 Å². The number of H-pyrrole nitrogens is 1. The summed E-state index contributed by atoms with van der Waals surface area (Å²) in [5.41, 5.74) is 0.166. The van der Waals surface area contributed by atoms with Gasteiger partial charge in [-0.3, -0.25) is 0 Å². The van der Waals surface area contributed by atoms with Crippen molar-refractivity contribution in [3.05, 3.63) is 40.1 Å². The molecule has 0 aliphatic heterocycles. The van der Waals surface area contributed by atoms with Crippen molar-refractivity contribution in [3.8, 4) is 11.4 Å². The summed E-state index contributed by atoms with van der Waals surface area (Å²) in [6.07, 6.45) is 1.33. The number of aromatic nitrogens is 2. The van der Waals surface area contributed by atoms with E-state index in [-0.39, 0.29) is 18.0 Å². The summed E-state index contributed by atoms with van der Waals surface area (Å²) < 4.78 is 27.4. The molecule has 0 fully saturated rings. The van der Waals surface area contributed by atoms with Crippen LogP contribution in [0.25, 0.3) is 11.4 Å². The first-order valence-electron chi connectivity index (χ1n) is 4.41. The first-order valence-corrected chi connectivity index (χ1v) is 5.20. The van der Waals surface area contributed by atoms with Crippen molar-refractivity contribution >= 4 is 15.9 Å². The van der Waals surface area contributed by atoms with Crippen LogP contribution in [0, 0.1) is 11.6 Å². The maximum Gasteiger partial charge on any atom is 0.143 e. The summed E-state index contributed by atoms with van der Waals surface area (Å²) in [6, 6.07) is 2.30. The van der Waals surface area contributed by atoms with Gasteiger partial charge < -0.3 is 10.1 Å². The molecule has 0 amide bonds. The van der Waals surface area contributed by atoms with Crippen molar-refractivity contribution in [1.29, 1.82) is 0 Å². The molecule has 2 N–H and O–H groups in total. The number of aliphatic hydroxyl groups is 1. The van der Waals surface area contributed by atoms with Crippen LogP contribution in [0.5, 0.6) is 0 Å². The molecule has 0 bridgehead atoms. The summed E-state index contributed by atoms with van der Waals surface area (Å²) >= 11 is 2.99. The zero-order valence-corrected chi connectivity index (χ0v) is 9.55. The van der Waals surface area contributed by atoms with Crippen LogP contribution in [0.15, 0.2) is 22.8 Å². The number of aromatic amines is 1. The fourth-order valence-corrected chi connectivity index (χ4v) is 1.74. The minimum Gasteiger partial charge on any atom is -0.390 e. The number of hydrogen-bond donors (Lipinski definition) is 2. The number of nitrogens with one attached hydrogen (secondary N) is 1. The molecule has 2 rings (SSSR count). The van der Waals surface area contributed by atoms with E-state index in [4.69, 9.17) is 5.11 Å². The predicted octanol–water partition coefficient (Wildman–Crippen LogP) is 2.61. The maximum absolute atomic E-state index is 13.5. The molecule has 0 atom stereocenters. The van der Waals surface area contributed by atoms with Crippen LogP contribution in [0.4, 0.5) is 8.78 Å². The van der Waals surface area contributed by atoms with Crippen LogP contribution >= 0.6 is 15.9 Å². The molecule has 0 aliphatic carbocycles. The molecule has 3 nitrogen and oxygen atoms in total. The van der Waals surface area contributed by atoms with Gasteiger partial charge >= 0.3 is 0 Å². The number of imidazole rings is 1. The summed E-state index contributed by atoms with van der Waals surface area (Å²) in [5, 5.41) is 8.81. The predicted molar refractivity (Wildman–Crippen MR) is 57.6 cm³/mol. The first kappa shape index (κ1) is 11.2. The van der Waals surface area contributed by atoms with Crippen LogP contribution in [-0.4, -0.2) is 15.1 Å². The highest BCUT2D eigenvalue weighted by Gasteiger charge is 2.15. The van der Waals surface area contributed by atoms with Crippen molar-refractivity contribution in [1.82, 2.24) is 9.97 Å². The quantitative estimate of drug-likeness (QED) is 0.892. The highest BCUT2D eigenvalue weighted by molar-refractivity contribution is 9.10. The van der Waals surface area contributed by atoms with Crippen LogP contribution in [-0.2, 0) is 6.61 Å². The molecule has 0 radical (unpaired) electrons. The average Bonchev–Trinajstić information content (AvgIpc) is 2.64. The Labute approximate surface area is 98.3 Å². The molecule has 0 unspecified atom stereocenters. The second-order valence-electron chi connectivity index (χ2n) is 3.16. The number of nitrogens with zero attached hydrogens (tertiary/aromatic N) is 1. The zero-order valence-electron chi connectivity index (χ0n) is 7.97. The second kappa shape index (κ2) is 4.31. The lowest BCUT2D eigenvalue weighted by molar-refractivity contribution is 0.277. The Morgan fingerprint density at radius 3 is 2.44 bits per heavy atom. The van der Waals surface area contributed by atoms with E-state index in [1.807, 2.05) is 0 Å². The van der Waals surface area contributed by atoms with Gasteiger partial charge in [0.15, 0.2) is 0 Å². The van der Waals surface area contributed by atoms with E-state index in [2.05, 4.69) is 25.9 Å². The van der Waals surface area contributed by atoms with Gasteiger partial charge in [0, 0.05) is 4.47 Å². The van der Waals surface area contributed by atoms with E-state index in [0.29, 0.717) is 10.2 Å². The normalized spacial score (nSPS) is 10.8. The van der Waals surface area contributed by atoms with Gasteiger partial charge in [0.05, 0.1) is 24.1 Å². The molecule has 1 aromatic heterocycles. The lowest BCUT2D eigenvalue weighted by Gasteiger charge is -2.02. The molecule has 0 spiro atoms. The van der Waals surface area contributed by atoms with Gasteiger partial charge in [-0.05, 0) is 12.1 Å². The summed E-state index contributed by atoms with van der Waals surface area (Å²) in [5.74, 6) is -1.37. The van der Waals surface area contributed by atoms with Gasteiger partial charge in [0.25, 0.3) is 0 Å². The van der Waals surface area contributed by atoms with Crippen LogP contribution in [0.2, 0.25) is 0 Å². The Kier molecular flexibility index (Phi) is 3.02. The van der Waals surface area contributed by atoms with Gasteiger partial charge in [0.1, 0.15) is 17.5 Å². The number of halogens is 3. The smallest absolute Gasteiger partial charge is 0.143 e. The largest absolute Gasteiger partial charge is 0.390 e. The molecule has 0 saturated heterocycles. The molecule has 16 heavy (non-hydrogen) atoms. The number of rotatable bonds is 2. The van der Waals surface area contributed by atoms with Gasteiger partial charge in [-0.2, -0.15) is 0 Å².